The number of carbonyl (C=O) groups is 1. The normalized spacial score (nSPS) is 19.6. The van der Waals surface area contributed by atoms with Crippen LogP contribution in [0.3, 0.4) is 0 Å². The third-order valence-electron chi connectivity index (χ3n) is 3.50. The third kappa shape index (κ3) is 2.44. The number of carbonyl (C=O) groups excluding carboxylic acids is 1. The molecule has 2 aromatic rings. The Kier molecular flexibility index (Phi) is 3.49. The fourth-order valence-corrected chi connectivity index (χ4v) is 3.23. The van der Waals surface area contributed by atoms with Crippen molar-refractivity contribution in [3.8, 4) is 0 Å². The third-order valence-corrected chi connectivity index (χ3v) is 4.42. The number of amides is 1. The second kappa shape index (κ2) is 5.29. The van der Waals surface area contributed by atoms with Crippen LogP contribution in [0.1, 0.15) is 46.0 Å². The summed E-state index contributed by atoms with van der Waals surface area (Å²) in [5.74, 6) is -0.248. The number of rotatable bonds is 4. The van der Waals surface area contributed by atoms with E-state index in [1.165, 1.54) is 4.88 Å². The Morgan fingerprint density at radius 1 is 1.65 bits per heavy atom. The van der Waals surface area contributed by atoms with Crippen LogP contribution in [0.4, 0.5) is 0 Å². The molecule has 0 spiro atoms. The summed E-state index contributed by atoms with van der Waals surface area (Å²) in [7, 11) is 0. The molecule has 0 saturated carbocycles. The Morgan fingerprint density at radius 3 is 3.15 bits per heavy atom. The molecule has 7 nitrogen and oxygen atoms in total. The van der Waals surface area contributed by atoms with Gasteiger partial charge in [-0.3, -0.25) is 9.69 Å². The molecule has 2 aromatic heterocycles. The minimum Gasteiger partial charge on any atom is -0.363 e. The van der Waals surface area contributed by atoms with Crippen molar-refractivity contribution >= 4 is 17.2 Å². The fraction of sp³-hybridized carbons (Fsp3) is 0.500. The first-order valence-corrected chi connectivity index (χ1v) is 7.29. The van der Waals surface area contributed by atoms with Gasteiger partial charge in [-0.25, -0.2) is 4.98 Å². The number of hydrogen-bond donors (Lipinski definition) is 1. The molecule has 20 heavy (non-hydrogen) atoms. The van der Waals surface area contributed by atoms with E-state index in [9.17, 15) is 4.79 Å². The van der Waals surface area contributed by atoms with Gasteiger partial charge in [0.25, 0.3) is 11.7 Å². The SMILES string of the molecule is Cc1ncsc1CN1CCC[C@H]1c1nc(C(N)=O)no1. The van der Waals surface area contributed by atoms with E-state index in [-0.39, 0.29) is 11.9 Å². The molecule has 0 bridgehead atoms. The van der Waals surface area contributed by atoms with Gasteiger partial charge in [0.2, 0.25) is 5.89 Å². The molecule has 3 rings (SSSR count). The lowest BCUT2D eigenvalue weighted by atomic mass is 10.2. The number of hydrogen-bond acceptors (Lipinski definition) is 7. The fourth-order valence-electron chi connectivity index (χ4n) is 2.43. The molecule has 0 aromatic carbocycles. The monoisotopic (exact) mass is 293 g/mol. The maximum Gasteiger partial charge on any atom is 0.290 e. The molecule has 1 amide bonds. The van der Waals surface area contributed by atoms with Gasteiger partial charge in [-0.2, -0.15) is 4.98 Å². The summed E-state index contributed by atoms with van der Waals surface area (Å²) in [6.07, 6.45) is 2.01. The molecule has 1 fully saturated rings. The number of nitrogens with zero attached hydrogens (tertiary/aromatic N) is 4. The standard InChI is InChI=1S/C12H15N5O2S/c1-7-9(20-6-14-7)5-17-4-2-3-8(17)12-15-11(10(13)18)16-19-12/h6,8H,2-5H2,1H3,(H2,13,18)/t8-/m0/s1. The highest BCUT2D eigenvalue weighted by atomic mass is 32.1. The van der Waals surface area contributed by atoms with Crippen LogP contribution >= 0.6 is 11.3 Å². The van der Waals surface area contributed by atoms with Gasteiger partial charge in [0.05, 0.1) is 17.2 Å². The largest absolute Gasteiger partial charge is 0.363 e. The highest BCUT2D eigenvalue weighted by molar-refractivity contribution is 7.09. The molecule has 0 unspecified atom stereocenters. The van der Waals surface area contributed by atoms with Gasteiger partial charge in [-0.15, -0.1) is 11.3 Å². The van der Waals surface area contributed by atoms with Gasteiger partial charge < -0.3 is 10.3 Å². The molecular weight excluding hydrogens is 278 g/mol. The molecule has 2 N–H and O–H groups in total. The maximum absolute atomic E-state index is 11.0. The number of aromatic nitrogens is 3. The van der Waals surface area contributed by atoms with Crippen molar-refractivity contribution in [2.75, 3.05) is 6.54 Å². The van der Waals surface area contributed by atoms with Crippen LogP contribution in [0.25, 0.3) is 0 Å². The first kappa shape index (κ1) is 13.2. The van der Waals surface area contributed by atoms with Crippen molar-refractivity contribution in [1.29, 1.82) is 0 Å². The zero-order valence-corrected chi connectivity index (χ0v) is 11.9. The smallest absolute Gasteiger partial charge is 0.290 e. The van der Waals surface area contributed by atoms with Crippen LogP contribution < -0.4 is 5.73 Å². The van der Waals surface area contributed by atoms with Crippen LogP contribution in [0.5, 0.6) is 0 Å². The highest BCUT2D eigenvalue weighted by Gasteiger charge is 2.31. The second-order valence-corrected chi connectivity index (χ2v) is 5.75. The van der Waals surface area contributed by atoms with Gasteiger partial charge in [-0.1, -0.05) is 5.16 Å². The van der Waals surface area contributed by atoms with Crippen LogP contribution in [0.2, 0.25) is 0 Å². The summed E-state index contributed by atoms with van der Waals surface area (Å²) in [5.41, 5.74) is 8.06. The lowest BCUT2D eigenvalue weighted by Crippen LogP contribution is -2.23. The van der Waals surface area contributed by atoms with E-state index in [1.54, 1.807) is 11.3 Å². The summed E-state index contributed by atoms with van der Waals surface area (Å²) < 4.78 is 5.17. The zero-order valence-electron chi connectivity index (χ0n) is 11.1. The highest BCUT2D eigenvalue weighted by Crippen LogP contribution is 2.33. The molecule has 1 aliphatic heterocycles. The quantitative estimate of drug-likeness (QED) is 0.911. The predicted octanol–water partition coefficient (Wildman–Crippen LogP) is 1.27. The van der Waals surface area contributed by atoms with E-state index in [0.29, 0.717) is 5.89 Å². The molecule has 0 aliphatic carbocycles. The maximum atomic E-state index is 11.0. The van der Waals surface area contributed by atoms with Gasteiger partial charge in [-0.05, 0) is 26.3 Å². The Balaban J connectivity index is 1.78. The van der Waals surface area contributed by atoms with Crippen LogP contribution in [0, 0.1) is 6.92 Å². The first-order valence-electron chi connectivity index (χ1n) is 6.41. The molecule has 106 valence electrons. The van der Waals surface area contributed by atoms with Gasteiger partial charge in [0.1, 0.15) is 0 Å². The summed E-state index contributed by atoms with van der Waals surface area (Å²) in [6, 6.07) is 0.0529. The molecule has 1 aliphatic rings. The Morgan fingerprint density at radius 2 is 2.50 bits per heavy atom. The van der Waals surface area contributed by atoms with Gasteiger partial charge in [0, 0.05) is 11.4 Å². The molecule has 1 atom stereocenters. The average molecular weight is 293 g/mol. The summed E-state index contributed by atoms with van der Waals surface area (Å²) >= 11 is 1.65. The molecule has 1 saturated heterocycles. The Labute approximate surface area is 119 Å². The average Bonchev–Trinajstić information content (AvgIpc) is 3.11. The first-order chi connectivity index (χ1) is 9.65. The lowest BCUT2D eigenvalue weighted by molar-refractivity contribution is 0.0987. The van der Waals surface area contributed by atoms with Crippen molar-refractivity contribution in [2.45, 2.75) is 32.4 Å². The van der Waals surface area contributed by atoms with Crippen molar-refractivity contribution in [3.63, 3.8) is 0 Å². The lowest BCUT2D eigenvalue weighted by Gasteiger charge is -2.20. The predicted molar refractivity (Wildman–Crippen MR) is 72.1 cm³/mol. The molecular formula is C12H15N5O2S. The van der Waals surface area contributed by atoms with E-state index < -0.39 is 5.91 Å². The number of likely N-dealkylation sites (tertiary alicyclic amines) is 1. The topological polar surface area (TPSA) is 98.1 Å². The number of nitrogens with two attached hydrogens (primary N) is 1. The Hall–Kier alpha value is -1.80. The second-order valence-electron chi connectivity index (χ2n) is 4.81. The van der Waals surface area contributed by atoms with Gasteiger partial charge in [0.15, 0.2) is 0 Å². The number of thiazole rings is 1. The molecule has 0 radical (unpaired) electrons. The Bertz CT molecular complexity index is 623. The minimum atomic E-state index is -0.664. The van der Waals surface area contributed by atoms with Crippen molar-refractivity contribution < 1.29 is 9.32 Å². The van der Waals surface area contributed by atoms with E-state index in [0.717, 1.165) is 31.6 Å². The number of primary amides is 1. The molecule has 8 heteroatoms. The zero-order chi connectivity index (χ0) is 14.1. The van der Waals surface area contributed by atoms with Crippen molar-refractivity contribution in [1.82, 2.24) is 20.0 Å². The number of aryl methyl sites for hydroxylation is 1. The van der Waals surface area contributed by atoms with E-state index in [1.807, 2.05) is 12.4 Å². The van der Waals surface area contributed by atoms with Crippen molar-refractivity contribution in [3.05, 3.63) is 27.8 Å². The van der Waals surface area contributed by atoms with Crippen LogP contribution in [-0.4, -0.2) is 32.5 Å². The molecule has 3 heterocycles. The van der Waals surface area contributed by atoms with Crippen LogP contribution in [0.15, 0.2) is 10.0 Å². The van der Waals surface area contributed by atoms with Crippen molar-refractivity contribution in [2.24, 2.45) is 5.73 Å². The summed E-state index contributed by atoms with van der Waals surface area (Å²) in [6.45, 7) is 3.79. The van der Waals surface area contributed by atoms with E-state index >= 15 is 0 Å². The van der Waals surface area contributed by atoms with E-state index in [2.05, 4.69) is 20.0 Å². The van der Waals surface area contributed by atoms with Gasteiger partial charge >= 0.3 is 0 Å². The minimum absolute atomic E-state index is 0.0529. The summed E-state index contributed by atoms with van der Waals surface area (Å²) in [5, 5.41) is 3.61. The van der Waals surface area contributed by atoms with E-state index in [4.69, 9.17) is 10.3 Å². The van der Waals surface area contributed by atoms with Crippen LogP contribution in [-0.2, 0) is 6.54 Å². The summed E-state index contributed by atoms with van der Waals surface area (Å²) in [4.78, 5) is 22.9.